The van der Waals surface area contributed by atoms with Crippen LogP contribution < -0.4 is 4.74 Å². The first kappa shape index (κ1) is 14.8. The van der Waals surface area contributed by atoms with E-state index in [1.54, 1.807) is 0 Å². The molecule has 1 fully saturated rings. The minimum absolute atomic E-state index is 0.324. The Bertz CT molecular complexity index is 394. The van der Waals surface area contributed by atoms with E-state index in [2.05, 4.69) is 41.7 Å². The van der Waals surface area contributed by atoms with Crippen molar-refractivity contribution in [3.05, 3.63) is 28.7 Å². The van der Waals surface area contributed by atoms with Crippen LogP contribution in [-0.2, 0) is 4.74 Å². The number of rotatable bonds is 4. The fraction of sp³-hybridized carbons (Fsp3) is 0.600. The van der Waals surface area contributed by atoms with Gasteiger partial charge in [-0.1, -0.05) is 29.8 Å². The molecular weight excluding hydrogens is 306 g/mol. The second-order valence-corrected chi connectivity index (χ2v) is 6.35. The molecule has 0 amide bonds. The van der Waals surface area contributed by atoms with E-state index in [4.69, 9.17) is 9.47 Å². The summed E-state index contributed by atoms with van der Waals surface area (Å²) < 4.78 is 12.6. The van der Waals surface area contributed by atoms with Crippen molar-refractivity contribution in [2.75, 3.05) is 26.9 Å². The molecule has 2 rings (SSSR count). The molecule has 1 aromatic carbocycles. The quantitative estimate of drug-likeness (QED) is 0.847. The second kappa shape index (κ2) is 6.73. The molecule has 1 saturated heterocycles. The van der Waals surface area contributed by atoms with E-state index in [9.17, 15) is 0 Å². The first-order valence-electron chi connectivity index (χ1n) is 6.76. The molecule has 1 aliphatic rings. The van der Waals surface area contributed by atoms with Gasteiger partial charge >= 0.3 is 0 Å². The monoisotopic (exact) mass is 327 g/mol. The molecule has 4 heteroatoms. The summed E-state index contributed by atoms with van der Waals surface area (Å²) in [6, 6.07) is 8.75. The molecule has 0 aromatic heterocycles. The van der Waals surface area contributed by atoms with Crippen molar-refractivity contribution in [3.63, 3.8) is 0 Å². The summed E-state index contributed by atoms with van der Waals surface area (Å²) in [5.74, 6) is 1.50. The average Bonchev–Trinajstić information content (AvgIpc) is 2.39. The summed E-state index contributed by atoms with van der Waals surface area (Å²) in [6.07, 6.45) is 0. The van der Waals surface area contributed by atoms with Crippen molar-refractivity contribution >= 4 is 15.9 Å². The molecule has 0 spiro atoms. The number of ether oxygens (including phenoxy) is 2. The molecule has 1 aliphatic heterocycles. The normalized spacial score (nSPS) is 24.7. The van der Waals surface area contributed by atoms with Gasteiger partial charge in [-0.05, 0) is 37.2 Å². The smallest absolute Gasteiger partial charge is 0.119 e. The Morgan fingerprint density at radius 1 is 1.32 bits per heavy atom. The van der Waals surface area contributed by atoms with E-state index in [1.807, 2.05) is 24.3 Å². The highest BCUT2D eigenvalue weighted by Crippen LogP contribution is 2.20. The summed E-state index contributed by atoms with van der Waals surface area (Å²) in [7, 11) is 2.17. The van der Waals surface area contributed by atoms with Crippen LogP contribution >= 0.6 is 15.9 Å². The number of hydrogen-bond acceptors (Lipinski definition) is 3. The highest BCUT2D eigenvalue weighted by Gasteiger charge is 2.30. The van der Waals surface area contributed by atoms with Gasteiger partial charge in [-0.25, -0.2) is 0 Å². The van der Waals surface area contributed by atoms with Crippen LogP contribution in [0.1, 0.15) is 13.8 Å². The van der Waals surface area contributed by atoms with Gasteiger partial charge in [0.25, 0.3) is 0 Å². The van der Waals surface area contributed by atoms with Gasteiger partial charge in [0.2, 0.25) is 0 Å². The molecule has 0 N–H and O–H groups in total. The van der Waals surface area contributed by atoms with Crippen molar-refractivity contribution in [1.29, 1.82) is 0 Å². The molecule has 1 aromatic rings. The average molecular weight is 328 g/mol. The lowest BCUT2D eigenvalue weighted by molar-refractivity contribution is -0.0626. The highest BCUT2D eigenvalue weighted by molar-refractivity contribution is 9.10. The van der Waals surface area contributed by atoms with Crippen molar-refractivity contribution in [2.24, 2.45) is 5.92 Å². The van der Waals surface area contributed by atoms with Crippen LogP contribution in [0.25, 0.3) is 0 Å². The Hall–Kier alpha value is -0.580. The van der Waals surface area contributed by atoms with Crippen molar-refractivity contribution in [1.82, 2.24) is 4.90 Å². The van der Waals surface area contributed by atoms with Crippen LogP contribution in [0.15, 0.2) is 28.7 Å². The molecule has 2 atom stereocenters. The number of halogens is 1. The van der Waals surface area contributed by atoms with Gasteiger partial charge in [-0.15, -0.1) is 0 Å². The Morgan fingerprint density at radius 2 is 2.00 bits per heavy atom. The minimum Gasteiger partial charge on any atom is -0.492 e. The first-order valence-corrected chi connectivity index (χ1v) is 7.55. The van der Waals surface area contributed by atoms with Crippen molar-refractivity contribution < 1.29 is 9.47 Å². The van der Waals surface area contributed by atoms with Gasteiger partial charge in [-0.3, -0.25) is 4.90 Å². The van der Waals surface area contributed by atoms with E-state index >= 15 is 0 Å². The Labute approximate surface area is 124 Å². The van der Waals surface area contributed by atoms with Crippen LogP contribution in [0.4, 0.5) is 0 Å². The number of hydrogen-bond donors (Lipinski definition) is 0. The molecule has 1 unspecified atom stereocenters. The molecule has 106 valence electrons. The first-order chi connectivity index (χ1) is 9.08. The molecule has 0 aliphatic carbocycles. The Morgan fingerprint density at radius 3 is 2.63 bits per heavy atom. The predicted molar refractivity (Wildman–Crippen MR) is 80.6 cm³/mol. The summed E-state index contributed by atoms with van der Waals surface area (Å²) in [5, 5.41) is 0. The fourth-order valence-electron chi connectivity index (χ4n) is 2.38. The van der Waals surface area contributed by atoms with E-state index in [0.717, 1.165) is 23.4 Å². The lowest BCUT2D eigenvalue weighted by Crippen LogP contribution is -2.54. The van der Waals surface area contributed by atoms with E-state index in [-0.39, 0.29) is 0 Å². The highest BCUT2D eigenvalue weighted by atomic mass is 79.9. The largest absolute Gasteiger partial charge is 0.492 e. The number of morpholine rings is 1. The zero-order valence-corrected chi connectivity index (χ0v) is 13.4. The van der Waals surface area contributed by atoms with Gasteiger partial charge in [0.15, 0.2) is 0 Å². The Kier molecular flexibility index (Phi) is 5.25. The molecule has 3 nitrogen and oxygen atoms in total. The van der Waals surface area contributed by atoms with Crippen LogP contribution in [-0.4, -0.2) is 43.9 Å². The van der Waals surface area contributed by atoms with Gasteiger partial charge in [-0.2, -0.15) is 0 Å². The van der Waals surface area contributed by atoms with Crippen LogP contribution in [0, 0.1) is 5.92 Å². The zero-order chi connectivity index (χ0) is 13.8. The summed E-state index contributed by atoms with van der Waals surface area (Å²) >= 11 is 3.42. The molecule has 19 heavy (non-hydrogen) atoms. The maximum atomic E-state index is 5.86. The number of likely N-dealkylation sites (N-methyl/N-ethyl adjacent to an activating group) is 1. The van der Waals surface area contributed by atoms with Gasteiger partial charge < -0.3 is 9.47 Å². The van der Waals surface area contributed by atoms with E-state index in [0.29, 0.717) is 24.6 Å². The van der Waals surface area contributed by atoms with Gasteiger partial charge in [0.1, 0.15) is 12.4 Å². The lowest BCUT2D eigenvalue weighted by atomic mass is 10.0. The predicted octanol–water partition coefficient (Wildman–Crippen LogP) is 3.18. The van der Waals surface area contributed by atoms with Crippen molar-refractivity contribution in [3.8, 4) is 5.75 Å². The van der Waals surface area contributed by atoms with Crippen LogP contribution in [0.2, 0.25) is 0 Å². The fourth-order valence-corrected chi connectivity index (χ4v) is 2.65. The number of benzene rings is 1. The van der Waals surface area contributed by atoms with Crippen molar-refractivity contribution in [2.45, 2.75) is 25.9 Å². The molecule has 0 radical (unpaired) electrons. The SMILES string of the molecule is CC(C)[C@H]1COCC(COc2ccc(Br)cc2)N1C. The summed E-state index contributed by atoms with van der Waals surface area (Å²) in [5.41, 5.74) is 0. The summed E-state index contributed by atoms with van der Waals surface area (Å²) in [6.45, 7) is 6.71. The maximum absolute atomic E-state index is 5.86. The maximum Gasteiger partial charge on any atom is 0.119 e. The van der Waals surface area contributed by atoms with E-state index in [1.165, 1.54) is 0 Å². The third-order valence-electron chi connectivity index (χ3n) is 3.72. The third-order valence-corrected chi connectivity index (χ3v) is 4.25. The third kappa shape index (κ3) is 3.94. The molecule has 0 bridgehead atoms. The molecule has 1 heterocycles. The van der Waals surface area contributed by atoms with Crippen LogP contribution in [0.3, 0.4) is 0 Å². The zero-order valence-electron chi connectivity index (χ0n) is 11.8. The standard InChI is InChI=1S/C15H22BrNO2/c1-11(2)15-10-18-8-13(17(15)3)9-19-14-6-4-12(16)5-7-14/h4-7,11,13,15H,8-10H2,1-3H3/t13?,15-/m1/s1. The molecule has 0 saturated carbocycles. The van der Waals surface area contributed by atoms with Crippen LogP contribution in [0.5, 0.6) is 5.75 Å². The van der Waals surface area contributed by atoms with E-state index < -0.39 is 0 Å². The second-order valence-electron chi connectivity index (χ2n) is 5.43. The topological polar surface area (TPSA) is 21.7 Å². The van der Waals surface area contributed by atoms with Gasteiger partial charge in [0.05, 0.1) is 19.3 Å². The lowest BCUT2D eigenvalue weighted by Gasteiger charge is -2.41. The molecular formula is C15H22BrNO2. The number of nitrogens with zero attached hydrogens (tertiary/aromatic N) is 1. The minimum atomic E-state index is 0.324. The summed E-state index contributed by atoms with van der Waals surface area (Å²) in [4.78, 5) is 2.40. The van der Waals surface area contributed by atoms with Gasteiger partial charge in [0, 0.05) is 10.5 Å². The Balaban J connectivity index is 1.89.